The van der Waals surface area contributed by atoms with Crippen molar-refractivity contribution in [3.05, 3.63) is 167 Å². The van der Waals surface area contributed by atoms with E-state index in [4.69, 9.17) is 26.4 Å². The van der Waals surface area contributed by atoms with E-state index in [0.717, 1.165) is 149 Å². The van der Waals surface area contributed by atoms with Crippen molar-refractivity contribution in [2.75, 3.05) is 63.4 Å². The van der Waals surface area contributed by atoms with Gasteiger partial charge in [0.25, 0.3) is 0 Å². The van der Waals surface area contributed by atoms with Crippen molar-refractivity contribution in [2.24, 2.45) is 0 Å². The van der Waals surface area contributed by atoms with Gasteiger partial charge in [-0.25, -0.2) is 15.0 Å². The number of likely N-dealkylation sites (tertiary alicyclic amines) is 1. The molecular weight excluding hydrogens is 1230 g/mol. The molecular formula is C68H70N8O3S8. The summed E-state index contributed by atoms with van der Waals surface area (Å²) < 4.78 is 9.84. The molecule has 0 atom stereocenters. The number of unbranched alkanes of at least 4 members (excludes halogenated alkanes) is 1. The van der Waals surface area contributed by atoms with E-state index in [1.54, 1.807) is 94.6 Å². The standard InChI is InChI=1S/C22H20N2OS3.C20H19N3S3.C18H12N2OS2.C6H13N.C2H6O/c1-2-3-11-27-22-20(23-14-25)19-16(15-8-5-4-6-9-15)13-17(24-21(19)28-22)18-10-7-12-26-18;1-2-10-22-26-20-18(21)17-14(13-7-4-3-5-8-13)12-15(23-19(17)25-20)16-9-6-11-24-16;19-17-15(10-21)23-18-16(17)12(11-5-2-1-3-6-11)9-13(20-18)14-7-4-8-22-14;1-7-5-3-2-4-6-7;1-3-2/h4-10,12-14H,2-3,11H2,1H3,(H,23,25);3-9,11-12,22H,2,10,21H2,1H3;1-10H,19H2;2-6H2,1H3;1-2H3. The number of hydrogen-bond acceptors (Lipinski definition) is 18. The molecule has 1 amide bonds. The number of anilines is 3. The van der Waals surface area contributed by atoms with E-state index in [0.29, 0.717) is 10.6 Å². The van der Waals surface area contributed by atoms with Crippen LogP contribution in [0, 0.1) is 0 Å². The number of hydrogen-bond donors (Lipinski definition) is 4. The Morgan fingerprint density at radius 3 is 1.44 bits per heavy atom. The molecule has 0 spiro atoms. The third kappa shape index (κ3) is 16.6. The molecule has 448 valence electrons. The van der Waals surface area contributed by atoms with Crippen molar-refractivity contribution >= 4 is 152 Å². The molecule has 1 aliphatic rings. The number of aromatic nitrogens is 3. The molecule has 12 aromatic rings. The number of methoxy groups -OCH3 is 1. The fourth-order valence-electron chi connectivity index (χ4n) is 9.54. The fraction of sp³-hybridized carbons (Fsp3) is 0.221. The number of thioether (sulfide) groups is 1. The second-order valence-electron chi connectivity index (χ2n) is 20.0. The monoisotopic (exact) mass is 1300 g/mol. The molecule has 87 heavy (non-hydrogen) atoms. The average molecular weight is 1300 g/mol. The highest BCUT2D eigenvalue weighted by Crippen LogP contribution is 2.48. The van der Waals surface area contributed by atoms with Crippen LogP contribution in [0.5, 0.6) is 0 Å². The van der Waals surface area contributed by atoms with E-state index in [2.05, 4.69) is 124 Å². The van der Waals surface area contributed by atoms with Gasteiger partial charge in [-0.3, -0.25) is 14.3 Å². The van der Waals surface area contributed by atoms with Crippen LogP contribution in [-0.4, -0.2) is 79.2 Å². The number of piperidine rings is 1. The molecule has 1 saturated heterocycles. The number of aldehydes is 1. The van der Waals surface area contributed by atoms with Crippen molar-refractivity contribution in [3.63, 3.8) is 0 Å². The first-order valence-corrected chi connectivity index (χ1v) is 35.5. The highest BCUT2D eigenvalue weighted by atomic mass is 32.2. The van der Waals surface area contributed by atoms with Crippen LogP contribution in [0.2, 0.25) is 0 Å². The number of carbonyl (C=O) groups is 2. The highest BCUT2D eigenvalue weighted by molar-refractivity contribution is 8.01. The lowest BCUT2D eigenvalue weighted by molar-refractivity contribution is -0.105. The first-order valence-electron chi connectivity index (χ1n) is 28.7. The average Bonchev–Trinajstić information content (AvgIpc) is 2.22. The second kappa shape index (κ2) is 33.1. The Morgan fingerprint density at radius 1 is 0.575 bits per heavy atom. The molecule has 11 nitrogen and oxygen atoms in total. The van der Waals surface area contributed by atoms with Gasteiger partial charge in [-0.15, -0.1) is 79.8 Å². The van der Waals surface area contributed by atoms with Crippen molar-refractivity contribution < 1.29 is 14.3 Å². The van der Waals surface area contributed by atoms with E-state index in [-0.39, 0.29) is 0 Å². The van der Waals surface area contributed by atoms with Gasteiger partial charge in [-0.05, 0) is 149 Å². The van der Waals surface area contributed by atoms with Crippen LogP contribution in [0.25, 0.3) is 95.7 Å². The summed E-state index contributed by atoms with van der Waals surface area (Å²) in [5.74, 6) is 1.04. The van der Waals surface area contributed by atoms with Crippen LogP contribution >= 0.6 is 91.7 Å². The van der Waals surface area contributed by atoms with Gasteiger partial charge in [0.1, 0.15) is 18.7 Å². The van der Waals surface area contributed by atoms with Crippen LogP contribution in [0.3, 0.4) is 0 Å². The van der Waals surface area contributed by atoms with E-state index in [1.807, 2.05) is 78.2 Å². The lowest BCUT2D eigenvalue weighted by Gasteiger charge is -2.20. The smallest absolute Gasteiger partial charge is 0.211 e. The van der Waals surface area contributed by atoms with Gasteiger partial charge in [-0.2, -0.15) is 0 Å². The highest BCUT2D eigenvalue weighted by Gasteiger charge is 2.22. The molecule has 0 unspecified atom stereocenters. The molecule has 3 aromatic carbocycles. The van der Waals surface area contributed by atoms with Crippen LogP contribution < -0.4 is 21.5 Å². The SMILES string of the molecule is CCCCSc1sc2nc(-c3cccs3)cc(-c3ccccc3)c2c1NC=O.CCCNSc1sc2nc(-c3cccs3)cc(-c3ccccc3)c2c1N.CN1CCCCC1.COC.Nc1c(C=O)sc2nc(-c3cccs3)cc(-c3ccccc3)c12. The fourth-order valence-corrected chi connectivity index (χ4v) is 17.2. The predicted octanol–water partition coefficient (Wildman–Crippen LogP) is 19.9. The topological polar surface area (TPSA) is 161 Å². The van der Waals surface area contributed by atoms with Gasteiger partial charge >= 0.3 is 0 Å². The number of pyridine rings is 3. The summed E-state index contributed by atoms with van der Waals surface area (Å²) in [5, 5.41) is 12.1. The van der Waals surface area contributed by atoms with Crippen molar-refractivity contribution in [2.45, 2.75) is 60.8 Å². The minimum atomic E-state index is 0.518. The van der Waals surface area contributed by atoms with Crippen LogP contribution in [0.15, 0.2) is 170 Å². The Bertz CT molecular complexity index is 4050. The normalized spacial score (nSPS) is 12.1. The van der Waals surface area contributed by atoms with Crippen molar-refractivity contribution in [3.8, 4) is 65.1 Å². The maximum absolute atomic E-state index is 11.4. The number of nitrogens with zero attached hydrogens (tertiary/aromatic N) is 4. The number of nitrogens with one attached hydrogen (secondary N) is 2. The minimum Gasteiger partial charge on any atom is -0.397 e. The number of amides is 1. The summed E-state index contributed by atoms with van der Waals surface area (Å²) >= 11 is 13.1. The van der Waals surface area contributed by atoms with Crippen LogP contribution in [-0.2, 0) is 9.53 Å². The van der Waals surface area contributed by atoms with Gasteiger partial charge < -0.3 is 26.4 Å². The molecule has 9 aromatic heterocycles. The zero-order valence-electron chi connectivity index (χ0n) is 49.2. The Morgan fingerprint density at radius 2 is 1.02 bits per heavy atom. The second-order valence-corrected chi connectivity index (χ2v) is 28.4. The molecule has 19 heteroatoms. The van der Waals surface area contributed by atoms with Gasteiger partial charge in [0.15, 0.2) is 6.29 Å². The third-order valence-electron chi connectivity index (χ3n) is 13.7. The largest absolute Gasteiger partial charge is 0.397 e. The van der Waals surface area contributed by atoms with Gasteiger partial charge in [0, 0.05) is 36.9 Å². The third-order valence-corrected chi connectivity index (χ3v) is 22.0. The summed E-state index contributed by atoms with van der Waals surface area (Å²) in [7, 11) is 5.44. The van der Waals surface area contributed by atoms with E-state index in [1.165, 1.54) is 54.1 Å². The quantitative estimate of drug-likeness (QED) is 0.0296. The summed E-state index contributed by atoms with van der Waals surface area (Å²) in [6.45, 7) is 7.94. The first kappa shape index (κ1) is 64.9. The molecule has 0 bridgehead atoms. The Labute approximate surface area is 542 Å². The van der Waals surface area contributed by atoms with Crippen LogP contribution in [0.4, 0.5) is 17.1 Å². The summed E-state index contributed by atoms with van der Waals surface area (Å²) in [6, 6.07) is 49.6. The number of fused-ring (bicyclic) bond motifs is 3. The lowest BCUT2D eigenvalue weighted by Crippen LogP contribution is -2.24. The first-order chi connectivity index (χ1) is 42.7. The molecule has 13 rings (SSSR count). The number of carbonyl (C=O) groups excluding carboxylic acids is 2. The minimum absolute atomic E-state index is 0.518. The molecule has 1 aliphatic heterocycles. The van der Waals surface area contributed by atoms with Crippen LogP contribution in [0.1, 0.15) is 62.0 Å². The molecule has 0 saturated carbocycles. The van der Waals surface area contributed by atoms with E-state index in [9.17, 15) is 9.59 Å². The molecule has 0 aliphatic carbocycles. The van der Waals surface area contributed by atoms with Gasteiger partial charge in [-0.1, -0.05) is 136 Å². The molecule has 1 fully saturated rings. The zero-order chi connectivity index (χ0) is 60.9. The maximum atomic E-state index is 11.4. The van der Waals surface area contributed by atoms with E-state index < -0.39 is 0 Å². The zero-order valence-corrected chi connectivity index (χ0v) is 55.8. The van der Waals surface area contributed by atoms with E-state index >= 15 is 0 Å². The van der Waals surface area contributed by atoms with Crippen molar-refractivity contribution in [1.29, 1.82) is 0 Å². The van der Waals surface area contributed by atoms with Crippen molar-refractivity contribution in [1.82, 2.24) is 24.6 Å². The number of ether oxygens (including phenoxy) is 1. The number of nitrogens with two attached hydrogens (primary N) is 2. The summed E-state index contributed by atoms with van der Waals surface area (Å²) in [4.78, 5) is 46.3. The number of thiophene rings is 6. The Kier molecular flexibility index (Phi) is 24.7. The Balaban J connectivity index is 0.000000144. The predicted molar refractivity (Wildman–Crippen MR) is 383 cm³/mol. The summed E-state index contributed by atoms with van der Waals surface area (Å²) in [6.07, 6.45) is 9.25. The summed E-state index contributed by atoms with van der Waals surface area (Å²) in [5.41, 5.74) is 24.5. The van der Waals surface area contributed by atoms with Gasteiger partial charge in [0.05, 0.1) is 57.9 Å². The Hall–Kier alpha value is -6.59. The molecule has 10 heterocycles. The number of benzene rings is 3. The number of rotatable bonds is 17. The molecule has 6 N–H and O–H groups in total. The molecule has 0 radical (unpaired) electrons. The lowest BCUT2D eigenvalue weighted by atomic mass is 10.0. The maximum Gasteiger partial charge on any atom is 0.211 e. The van der Waals surface area contributed by atoms with Gasteiger partial charge in [0.2, 0.25) is 6.41 Å². The number of nitrogen functional groups attached to an aromatic ring is 2.